The van der Waals surface area contributed by atoms with Gasteiger partial charge in [-0.2, -0.15) is 0 Å². The van der Waals surface area contributed by atoms with Crippen LogP contribution >= 0.6 is 23.2 Å². The number of hydrogen-bond donors (Lipinski definition) is 2. The molecule has 0 amide bonds. The van der Waals surface area contributed by atoms with E-state index >= 15 is 0 Å². The largest absolute Gasteiger partial charge is 0.315 e. The molecule has 0 aliphatic heterocycles. The van der Waals surface area contributed by atoms with E-state index in [0.29, 0.717) is 16.0 Å². The lowest BCUT2D eigenvalue weighted by atomic mass is 10.1. The second kappa shape index (κ2) is 8.76. The highest BCUT2D eigenvalue weighted by molar-refractivity contribution is 6.42. The Kier molecular flexibility index (Phi) is 7.68. The molecular weight excluding hydrogens is 267 g/mol. The molecule has 1 aromatic rings. The van der Waals surface area contributed by atoms with Gasteiger partial charge in [-0.25, -0.2) is 0 Å². The molecule has 1 rings (SSSR count). The molecule has 0 heterocycles. The summed E-state index contributed by atoms with van der Waals surface area (Å²) in [5.74, 6) is 0.709. The first-order valence-corrected chi connectivity index (χ1v) is 7.20. The van der Waals surface area contributed by atoms with Gasteiger partial charge >= 0.3 is 0 Å². The predicted octanol–water partition coefficient (Wildman–Crippen LogP) is 3.37. The van der Waals surface area contributed by atoms with E-state index in [1.54, 1.807) is 0 Å². The number of halogens is 2. The van der Waals surface area contributed by atoms with Gasteiger partial charge in [0, 0.05) is 13.1 Å². The van der Waals surface area contributed by atoms with Crippen molar-refractivity contribution >= 4 is 23.2 Å². The maximum atomic E-state index is 5.96. The molecule has 4 heteroatoms. The van der Waals surface area contributed by atoms with E-state index in [0.717, 1.165) is 32.6 Å². The van der Waals surface area contributed by atoms with Crippen LogP contribution in [-0.2, 0) is 6.42 Å². The zero-order chi connectivity index (χ0) is 13.4. The van der Waals surface area contributed by atoms with E-state index in [4.69, 9.17) is 23.2 Å². The van der Waals surface area contributed by atoms with E-state index in [2.05, 4.69) is 24.5 Å². The van der Waals surface area contributed by atoms with Gasteiger partial charge in [-0.05, 0) is 43.1 Å². The first-order valence-electron chi connectivity index (χ1n) is 6.45. The standard InChI is InChI=1S/C14H22Cl2N2/c1-11(2)10-18-8-7-17-6-5-12-3-4-13(15)14(16)9-12/h3-4,9,11,17-18H,5-8,10H2,1-2H3. The number of nitrogens with one attached hydrogen (secondary N) is 2. The van der Waals surface area contributed by atoms with E-state index in [-0.39, 0.29) is 0 Å². The van der Waals surface area contributed by atoms with Crippen molar-refractivity contribution in [2.24, 2.45) is 5.92 Å². The van der Waals surface area contributed by atoms with E-state index in [1.807, 2.05) is 18.2 Å². The van der Waals surface area contributed by atoms with Gasteiger partial charge in [-0.3, -0.25) is 0 Å². The SMILES string of the molecule is CC(C)CNCCNCCc1ccc(Cl)c(Cl)c1. The Hall–Kier alpha value is -0.280. The summed E-state index contributed by atoms with van der Waals surface area (Å²) in [4.78, 5) is 0. The molecule has 0 atom stereocenters. The Balaban J connectivity index is 2.09. The van der Waals surface area contributed by atoms with Crippen molar-refractivity contribution in [1.29, 1.82) is 0 Å². The average molecular weight is 289 g/mol. The van der Waals surface area contributed by atoms with E-state index in [1.165, 1.54) is 5.56 Å². The fourth-order valence-corrected chi connectivity index (χ4v) is 1.94. The third-order valence-electron chi connectivity index (χ3n) is 2.61. The molecule has 0 fully saturated rings. The highest BCUT2D eigenvalue weighted by atomic mass is 35.5. The van der Waals surface area contributed by atoms with Crippen LogP contribution in [0.1, 0.15) is 19.4 Å². The molecule has 1 aromatic carbocycles. The molecule has 0 saturated carbocycles. The molecule has 0 radical (unpaired) electrons. The monoisotopic (exact) mass is 288 g/mol. The topological polar surface area (TPSA) is 24.1 Å². The maximum absolute atomic E-state index is 5.96. The third kappa shape index (κ3) is 6.60. The minimum atomic E-state index is 0.617. The molecule has 2 nitrogen and oxygen atoms in total. The second-order valence-corrected chi connectivity index (χ2v) is 5.66. The molecule has 0 aromatic heterocycles. The van der Waals surface area contributed by atoms with Gasteiger partial charge in [0.2, 0.25) is 0 Å². The van der Waals surface area contributed by atoms with Gasteiger partial charge in [0.05, 0.1) is 10.0 Å². The van der Waals surface area contributed by atoms with Crippen molar-refractivity contribution in [1.82, 2.24) is 10.6 Å². The quantitative estimate of drug-likeness (QED) is 0.717. The summed E-state index contributed by atoms with van der Waals surface area (Å²) in [6, 6.07) is 5.80. The summed E-state index contributed by atoms with van der Waals surface area (Å²) in [5.41, 5.74) is 1.21. The van der Waals surface area contributed by atoms with Crippen LogP contribution in [0.4, 0.5) is 0 Å². The summed E-state index contributed by atoms with van der Waals surface area (Å²) in [6.07, 6.45) is 0.973. The highest BCUT2D eigenvalue weighted by Gasteiger charge is 1.99. The van der Waals surface area contributed by atoms with Crippen LogP contribution in [0.5, 0.6) is 0 Å². The van der Waals surface area contributed by atoms with E-state index in [9.17, 15) is 0 Å². The Morgan fingerprint density at radius 2 is 1.72 bits per heavy atom. The van der Waals surface area contributed by atoms with Crippen molar-refractivity contribution < 1.29 is 0 Å². The highest BCUT2D eigenvalue weighted by Crippen LogP contribution is 2.22. The summed E-state index contributed by atoms with van der Waals surface area (Å²) in [7, 11) is 0. The fourth-order valence-electron chi connectivity index (χ4n) is 1.62. The summed E-state index contributed by atoms with van der Waals surface area (Å²) in [5, 5.41) is 8.05. The van der Waals surface area contributed by atoms with Crippen molar-refractivity contribution in [3.8, 4) is 0 Å². The summed E-state index contributed by atoms with van der Waals surface area (Å²) < 4.78 is 0. The molecule has 18 heavy (non-hydrogen) atoms. The smallest absolute Gasteiger partial charge is 0.0595 e. The van der Waals surface area contributed by atoms with Gasteiger partial charge in [0.15, 0.2) is 0 Å². The minimum Gasteiger partial charge on any atom is -0.315 e. The molecule has 0 spiro atoms. The fraction of sp³-hybridized carbons (Fsp3) is 0.571. The van der Waals surface area contributed by atoms with Crippen LogP contribution in [0.25, 0.3) is 0 Å². The zero-order valence-corrected chi connectivity index (χ0v) is 12.6. The minimum absolute atomic E-state index is 0.617. The number of rotatable bonds is 8. The van der Waals surface area contributed by atoms with Crippen LogP contribution in [0.15, 0.2) is 18.2 Å². The molecule has 0 bridgehead atoms. The molecule has 0 saturated heterocycles. The molecule has 0 unspecified atom stereocenters. The van der Waals surface area contributed by atoms with E-state index < -0.39 is 0 Å². The third-order valence-corrected chi connectivity index (χ3v) is 3.34. The Labute approximate surface area is 120 Å². The Morgan fingerprint density at radius 3 is 2.39 bits per heavy atom. The first-order chi connectivity index (χ1) is 8.59. The van der Waals surface area contributed by atoms with Gasteiger partial charge in [0.1, 0.15) is 0 Å². The van der Waals surface area contributed by atoms with Crippen molar-refractivity contribution in [2.75, 3.05) is 26.2 Å². The lowest BCUT2D eigenvalue weighted by Gasteiger charge is -2.08. The van der Waals surface area contributed by atoms with Crippen molar-refractivity contribution in [3.63, 3.8) is 0 Å². The van der Waals surface area contributed by atoms with Gasteiger partial charge in [-0.15, -0.1) is 0 Å². The average Bonchev–Trinajstić information content (AvgIpc) is 2.32. The molecule has 102 valence electrons. The molecule has 0 aliphatic rings. The van der Waals surface area contributed by atoms with Gasteiger partial charge < -0.3 is 10.6 Å². The van der Waals surface area contributed by atoms with Crippen LogP contribution < -0.4 is 10.6 Å². The molecule has 2 N–H and O–H groups in total. The van der Waals surface area contributed by atoms with Gasteiger partial charge in [-0.1, -0.05) is 43.1 Å². The maximum Gasteiger partial charge on any atom is 0.0595 e. The van der Waals surface area contributed by atoms with Crippen LogP contribution in [0.2, 0.25) is 10.0 Å². The Bertz CT molecular complexity index is 354. The zero-order valence-electron chi connectivity index (χ0n) is 11.1. The van der Waals surface area contributed by atoms with Crippen LogP contribution in [0.3, 0.4) is 0 Å². The first kappa shape index (κ1) is 15.8. The Morgan fingerprint density at radius 1 is 1.00 bits per heavy atom. The summed E-state index contributed by atoms with van der Waals surface area (Å²) in [6.45, 7) is 8.47. The number of hydrogen-bond acceptors (Lipinski definition) is 2. The second-order valence-electron chi connectivity index (χ2n) is 4.85. The van der Waals surface area contributed by atoms with Crippen molar-refractivity contribution in [3.05, 3.63) is 33.8 Å². The number of benzene rings is 1. The van der Waals surface area contributed by atoms with Gasteiger partial charge in [0.25, 0.3) is 0 Å². The molecule has 0 aliphatic carbocycles. The van der Waals surface area contributed by atoms with Crippen LogP contribution in [-0.4, -0.2) is 26.2 Å². The van der Waals surface area contributed by atoms with Crippen molar-refractivity contribution in [2.45, 2.75) is 20.3 Å². The lowest BCUT2D eigenvalue weighted by Crippen LogP contribution is -2.30. The van der Waals surface area contributed by atoms with Crippen LogP contribution in [0, 0.1) is 5.92 Å². The normalized spacial score (nSPS) is 11.2. The molecular formula is C14H22Cl2N2. The lowest BCUT2D eigenvalue weighted by molar-refractivity contribution is 0.536. The predicted molar refractivity (Wildman–Crippen MR) is 80.7 cm³/mol. The summed E-state index contributed by atoms with van der Waals surface area (Å²) >= 11 is 11.8.